The van der Waals surface area contributed by atoms with Crippen LogP contribution >= 0.6 is 0 Å². The quantitative estimate of drug-likeness (QED) is 0.835. The number of hydrogen-bond acceptors (Lipinski definition) is 2. The molecule has 0 aliphatic heterocycles. The van der Waals surface area contributed by atoms with Crippen LogP contribution in [0, 0.1) is 5.92 Å². The summed E-state index contributed by atoms with van der Waals surface area (Å²) in [6, 6.07) is 8.12. The Hall–Kier alpha value is -1.02. The Morgan fingerprint density at radius 1 is 1.24 bits per heavy atom. The first kappa shape index (κ1) is 12.4. The van der Waals surface area contributed by atoms with Gasteiger partial charge in [0.05, 0.1) is 0 Å². The molecule has 17 heavy (non-hydrogen) atoms. The minimum absolute atomic E-state index is 0.399. The minimum Gasteiger partial charge on any atom is -0.508 e. The summed E-state index contributed by atoms with van der Waals surface area (Å²) in [6.45, 7) is 3.04. The molecular formula is C15H23NO. The van der Waals surface area contributed by atoms with Crippen molar-refractivity contribution in [2.75, 3.05) is 0 Å². The lowest BCUT2D eigenvalue weighted by Gasteiger charge is -2.28. The molecule has 1 aliphatic rings. The van der Waals surface area contributed by atoms with Gasteiger partial charge in [-0.2, -0.15) is 0 Å². The summed E-state index contributed by atoms with van der Waals surface area (Å²) in [6.07, 6.45) is 6.88. The lowest BCUT2D eigenvalue weighted by Crippen LogP contribution is -2.34. The van der Waals surface area contributed by atoms with Crippen molar-refractivity contribution in [1.29, 1.82) is 0 Å². The summed E-state index contributed by atoms with van der Waals surface area (Å²) in [5.41, 5.74) is 0.996. The summed E-state index contributed by atoms with van der Waals surface area (Å²) in [4.78, 5) is 0. The van der Waals surface area contributed by atoms with Crippen LogP contribution in [0.3, 0.4) is 0 Å². The average molecular weight is 233 g/mol. The van der Waals surface area contributed by atoms with E-state index in [4.69, 9.17) is 0 Å². The zero-order valence-corrected chi connectivity index (χ0v) is 10.7. The van der Waals surface area contributed by atoms with Crippen LogP contribution in [0.2, 0.25) is 0 Å². The zero-order chi connectivity index (χ0) is 12.1. The SMILES string of the molecule is CC(NCc1ccccc1O)C1CCCCC1. The summed E-state index contributed by atoms with van der Waals surface area (Å²) in [5, 5.41) is 13.2. The summed E-state index contributed by atoms with van der Waals surface area (Å²) in [7, 11) is 0. The van der Waals surface area contributed by atoms with Gasteiger partial charge in [0, 0.05) is 18.2 Å². The molecule has 1 aromatic carbocycles. The number of rotatable bonds is 4. The topological polar surface area (TPSA) is 32.3 Å². The highest BCUT2D eigenvalue weighted by molar-refractivity contribution is 5.31. The predicted molar refractivity (Wildman–Crippen MR) is 71.0 cm³/mol. The third-order valence-corrected chi connectivity index (χ3v) is 3.96. The smallest absolute Gasteiger partial charge is 0.120 e. The van der Waals surface area contributed by atoms with Gasteiger partial charge in [0.15, 0.2) is 0 Å². The number of phenols is 1. The Bertz CT molecular complexity index is 345. The molecule has 0 aromatic heterocycles. The highest BCUT2D eigenvalue weighted by atomic mass is 16.3. The third kappa shape index (κ3) is 3.47. The largest absolute Gasteiger partial charge is 0.508 e. The van der Waals surface area contributed by atoms with Gasteiger partial charge in [0.2, 0.25) is 0 Å². The molecule has 2 N–H and O–H groups in total. The van der Waals surface area contributed by atoms with E-state index < -0.39 is 0 Å². The van der Waals surface area contributed by atoms with Crippen LogP contribution in [-0.4, -0.2) is 11.1 Å². The molecule has 0 spiro atoms. The van der Waals surface area contributed by atoms with E-state index >= 15 is 0 Å². The van der Waals surface area contributed by atoms with E-state index in [-0.39, 0.29) is 0 Å². The molecule has 94 valence electrons. The van der Waals surface area contributed by atoms with Gasteiger partial charge in [-0.15, -0.1) is 0 Å². The zero-order valence-electron chi connectivity index (χ0n) is 10.7. The van der Waals surface area contributed by atoms with Crippen LogP contribution in [0.4, 0.5) is 0 Å². The first-order chi connectivity index (χ1) is 8.27. The van der Waals surface area contributed by atoms with E-state index in [0.29, 0.717) is 11.8 Å². The maximum atomic E-state index is 9.69. The van der Waals surface area contributed by atoms with Crippen LogP contribution in [0.15, 0.2) is 24.3 Å². The fourth-order valence-corrected chi connectivity index (χ4v) is 2.73. The Morgan fingerprint density at radius 2 is 1.94 bits per heavy atom. The molecule has 0 bridgehead atoms. The van der Waals surface area contributed by atoms with E-state index in [1.54, 1.807) is 6.07 Å². The second kappa shape index (κ2) is 6.06. The predicted octanol–water partition coefficient (Wildman–Crippen LogP) is 3.45. The maximum Gasteiger partial charge on any atom is 0.120 e. The molecule has 2 nitrogen and oxygen atoms in total. The van der Waals surface area contributed by atoms with Gasteiger partial charge in [-0.1, -0.05) is 37.5 Å². The van der Waals surface area contributed by atoms with Crippen molar-refractivity contribution >= 4 is 0 Å². The molecule has 2 heteroatoms. The molecule has 0 saturated heterocycles. The fourth-order valence-electron chi connectivity index (χ4n) is 2.73. The molecule has 1 saturated carbocycles. The number of benzene rings is 1. The molecule has 0 amide bonds. The third-order valence-electron chi connectivity index (χ3n) is 3.96. The molecule has 1 aromatic rings. The molecule has 1 aliphatic carbocycles. The van der Waals surface area contributed by atoms with Gasteiger partial charge in [-0.25, -0.2) is 0 Å². The van der Waals surface area contributed by atoms with Crippen molar-refractivity contribution in [3.63, 3.8) is 0 Å². The molecule has 2 rings (SSSR count). The van der Waals surface area contributed by atoms with Crippen molar-refractivity contribution in [2.24, 2.45) is 5.92 Å². The average Bonchev–Trinajstić information content (AvgIpc) is 2.38. The van der Waals surface area contributed by atoms with Gasteiger partial charge in [-0.3, -0.25) is 0 Å². The lowest BCUT2D eigenvalue weighted by molar-refractivity contribution is 0.280. The Labute approximate surface area is 104 Å². The summed E-state index contributed by atoms with van der Waals surface area (Å²) in [5.74, 6) is 1.21. The molecule has 0 heterocycles. The minimum atomic E-state index is 0.399. The summed E-state index contributed by atoms with van der Waals surface area (Å²) >= 11 is 0. The van der Waals surface area contributed by atoms with E-state index in [9.17, 15) is 5.11 Å². The van der Waals surface area contributed by atoms with E-state index in [1.165, 1.54) is 32.1 Å². The number of nitrogens with one attached hydrogen (secondary N) is 1. The second-order valence-electron chi connectivity index (χ2n) is 5.20. The highest BCUT2D eigenvalue weighted by Crippen LogP contribution is 2.26. The van der Waals surface area contributed by atoms with Gasteiger partial charge < -0.3 is 10.4 Å². The molecule has 1 atom stereocenters. The molecule has 0 radical (unpaired) electrons. The normalized spacial score (nSPS) is 19.1. The number of para-hydroxylation sites is 1. The van der Waals surface area contributed by atoms with Crippen LogP contribution in [-0.2, 0) is 6.54 Å². The van der Waals surface area contributed by atoms with Crippen LogP contribution < -0.4 is 5.32 Å². The number of hydrogen-bond donors (Lipinski definition) is 2. The van der Waals surface area contributed by atoms with E-state index in [2.05, 4.69) is 12.2 Å². The first-order valence-electron chi connectivity index (χ1n) is 6.77. The highest BCUT2D eigenvalue weighted by Gasteiger charge is 2.19. The number of aromatic hydroxyl groups is 1. The maximum absolute atomic E-state index is 9.69. The van der Waals surface area contributed by atoms with Crippen molar-refractivity contribution in [3.8, 4) is 5.75 Å². The lowest BCUT2D eigenvalue weighted by atomic mass is 9.84. The Morgan fingerprint density at radius 3 is 2.65 bits per heavy atom. The Balaban J connectivity index is 1.83. The number of phenolic OH excluding ortho intramolecular Hbond substituents is 1. The van der Waals surface area contributed by atoms with Crippen molar-refractivity contribution in [3.05, 3.63) is 29.8 Å². The van der Waals surface area contributed by atoms with E-state index in [0.717, 1.165) is 18.0 Å². The van der Waals surface area contributed by atoms with E-state index in [1.807, 2.05) is 18.2 Å². The molecule has 1 unspecified atom stereocenters. The fraction of sp³-hybridized carbons (Fsp3) is 0.600. The van der Waals surface area contributed by atoms with Gasteiger partial charge in [0.1, 0.15) is 5.75 Å². The van der Waals surface area contributed by atoms with Crippen molar-refractivity contribution in [2.45, 2.75) is 51.6 Å². The van der Waals surface area contributed by atoms with Crippen LogP contribution in [0.25, 0.3) is 0 Å². The van der Waals surface area contributed by atoms with Crippen LogP contribution in [0.1, 0.15) is 44.6 Å². The monoisotopic (exact) mass is 233 g/mol. The van der Waals surface area contributed by atoms with Crippen molar-refractivity contribution in [1.82, 2.24) is 5.32 Å². The summed E-state index contributed by atoms with van der Waals surface area (Å²) < 4.78 is 0. The Kier molecular flexibility index (Phi) is 4.43. The van der Waals surface area contributed by atoms with Crippen LogP contribution in [0.5, 0.6) is 5.75 Å². The first-order valence-corrected chi connectivity index (χ1v) is 6.77. The molecular weight excluding hydrogens is 210 g/mol. The van der Waals surface area contributed by atoms with Gasteiger partial charge in [-0.05, 0) is 31.7 Å². The van der Waals surface area contributed by atoms with Gasteiger partial charge in [0.25, 0.3) is 0 Å². The standard InChI is InChI=1S/C15H23NO/c1-12(13-7-3-2-4-8-13)16-11-14-9-5-6-10-15(14)17/h5-6,9-10,12-13,16-17H,2-4,7-8,11H2,1H3. The second-order valence-corrected chi connectivity index (χ2v) is 5.20. The molecule has 1 fully saturated rings. The van der Waals surface area contributed by atoms with Crippen molar-refractivity contribution < 1.29 is 5.11 Å². The van der Waals surface area contributed by atoms with Gasteiger partial charge >= 0.3 is 0 Å².